The molecule has 0 aromatic carbocycles. The summed E-state index contributed by atoms with van der Waals surface area (Å²) >= 11 is 0. The summed E-state index contributed by atoms with van der Waals surface area (Å²) < 4.78 is 0. The Morgan fingerprint density at radius 2 is 1.62 bits per heavy atom. The van der Waals surface area contributed by atoms with Crippen molar-refractivity contribution >= 4 is 5.78 Å². The number of carbonyl (C=O) groups excluding carboxylic acids is 1. The number of nitrogens with one attached hydrogen (secondary N) is 1. The van der Waals surface area contributed by atoms with Crippen LogP contribution in [0.1, 0.15) is 96.8 Å². The quantitative estimate of drug-likeness (QED) is 0.606. The Morgan fingerprint density at radius 3 is 2.43 bits per heavy atom. The van der Waals surface area contributed by atoms with Crippen LogP contribution in [0, 0.1) is 5.92 Å². The van der Waals surface area contributed by atoms with Crippen LogP contribution in [0.15, 0.2) is 0 Å². The first-order valence-corrected chi connectivity index (χ1v) is 9.60. The molecular weight excluding hydrogens is 258 g/mol. The van der Waals surface area contributed by atoms with Gasteiger partial charge in [0.05, 0.1) is 6.04 Å². The Balaban J connectivity index is 1.56. The van der Waals surface area contributed by atoms with Gasteiger partial charge in [-0.05, 0) is 38.0 Å². The molecule has 0 aromatic rings. The van der Waals surface area contributed by atoms with Gasteiger partial charge in [-0.1, -0.05) is 58.3 Å². The molecule has 0 spiro atoms. The van der Waals surface area contributed by atoms with Gasteiger partial charge in [-0.3, -0.25) is 4.79 Å². The van der Waals surface area contributed by atoms with Gasteiger partial charge in [0.25, 0.3) is 0 Å². The van der Waals surface area contributed by atoms with E-state index in [1.807, 2.05) is 0 Å². The van der Waals surface area contributed by atoms with Crippen molar-refractivity contribution in [2.75, 3.05) is 0 Å². The van der Waals surface area contributed by atoms with Crippen molar-refractivity contribution in [2.45, 2.75) is 109 Å². The molecule has 2 heteroatoms. The van der Waals surface area contributed by atoms with Crippen LogP contribution in [0.2, 0.25) is 0 Å². The van der Waals surface area contributed by atoms with Crippen LogP contribution < -0.4 is 5.32 Å². The molecule has 122 valence electrons. The van der Waals surface area contributed by atoms with Gasteiger partial charge in [0.1, 0.15) is 5.78 Å². The van der Waals surface area contributed by atoms with Gasteiger partial charge in [-0.25, -0.2) is 0 Å². The van der Waals surface area contributed by atoms with E-state index in [0.29, 0.717) is 11.8 Å². The summed E-state index contributed by atoms with van der Waals surface area (Å²) in [5.74, 6) is 1.36. The Labute approximate surface area is 131 Å². The second-order valence-electron chi connectivity index (χ2n) is 7.29. The number of ketones is 1. The zero-order valence-electron chi connectivity index (χ0n) is 14.0. The number of hydrogen-bond donors (Lipinski definition) is 1. The molecule has 3 unspecified atom stereocenters. The largest absolute Gasteiger partial charge is 0.304 e. The number of piperidine rings is 1. The molecule has 2 rings (SSSR count). The highest BCUT2D eigenvalue weighted by Gasteiger charge is 2.33. The molecule has 1 aliphatic carbocycles. The molecule has 0 amide bonds. The van der Waals surface area contributed by atoms with E-state index >= 15 is 0 Å². The number of Topliss-reactive ketones (excluding diaryl/α,β-unsaturated/α-hetero) is 1. The van der Waals surface area contributed by atoms with Gasteiger partial charge in [0.2, 0.25) is 0 Å². The predicted molar refractivity (Wildman–Crippen MR) is 89.5 cm³/mol. The van der Waals surface area contributed by atoms with E-state index in [9.17, 15) is 4.79 Å². The molecule has 1 saturated carbocycles. The zero-order chi connectivity index (χ0) is 14.9. The summed E-state index contributed by atoms with van der Waals surface area (Å²) in [5.41, 5.74) is 0. The highest BCUT2D eigenvalue weighted by atomic mass is 16.1. The van der Waals surface area contributed by atoms with Crippen LogP contribution in [-0.4, -0.2) is 17.9 Å². The third-order valence-electron chi connectivity index (χ3n) is 5.57. The summed E-state index contributed by atoms with van der Waals surface area (Å²) in [6.45, 7) is 2.26. The highest BCUT2D eigenvalue weighted by Crippen LogP contribution is 2.32. The number of rotatable bonds is 9. The maximum absolute atomic E-state index is 12.3. The van der Waals surface area contributed by atoms with Gasteiger partial charge in [0.15, 0.2) is 0 Å². The third-order valence-corrected chi connectivity index (χ3v) is 5.57. The first-order valence-electron chi connectivity index (χ1n) is 9.60. The van der Waals surface area contributed by atoms with Crippen LogP contribution >= 0.6 is 0 Å². The molecule has 2 fully saturated rings. The van der Waals surface area contributed by atoms with Gasteiger partial charge < -0.3 is 5.32 Å². The van der Waals surface area contributed by atoms with Crippen LogP contribution in [-0.2, 0) is 4.79 Å². The Morgan fingerprint density at radius 1 is 0.905 bits per heavy atom. The second-order valence-corrected chi connectivity index (χ2v) is 7.29. The van der Waals surface area contributed by atoms with Crippen LogP contribution in [0.5, 0.6) is 0 Å². The molecule has 0 aromatic heterocycles. The van der Waals surface area contributed by atoms with Crippen LogP contribution in [0.25, 0.3) is 0 Å². The number of fused-ring (bicyclic) bond motifs is 1. The lowest BCUT2D eigenvalue weighted by Gasteiger charge is -2.40. The Bertz CT molecular complexity index is 302. The maximum atomic E-state index is 12.3. The van der Waals surface area contributed by atoms with Gasteiger partial charge in [-0.15, -0.1) is 0 Å². The van der Waals surface area contributed by atoms with Crippen molar-refractivity contribution in [1.82, 2.24) is 5.32 Å². The number of hydrogen-bond acceptors (Lipinski definition) is 2. The fourth-order valence-corrected chi connectivity index (χ4v) is 4.18. The molecule has 3 atom stereocenters. The molecule has 0 bridgehead atoms. The molecule has 0 radical (unpaired) electrons. The highest BCUT2D eigenvalue weighted by molar-refractivity contribution is 5.84. The maximum Gasteiger partial charge on any atom is 0.149 e. The standard InChI is InChI=1S/C19H35NO/c1-2-3-4-5-6-7-8-13-19(21)18-15-14-16-11-9-10-12-17(16)20-18/h16-18,20H,2-15H2,1H3. The number of unbranched alkanes of at least 4 members (excludes halogenated alkanes) is 6. The average Bonchev–Trinajstić information content (AvgIpc) is 2.53. The molecule has 2 nitrogen and oxygen atoms in total. The van der Waals surface area contributed by atoms with Gasteiger partial charge in [0, 0.05) is 12.5 Å². The summed E-state index contributed by atoms with van der Waals surface area (Å²) in [7, 11) is 0. The molecule has 1 aliphatic heterocycles. The normalized spacial score (nSPS) is 29.1. The smallest absolute Gasteiger partial charge is 0.149 e. The van der Waals surface area contributed by atoms with E-state index in [1.54, 1.807) is 0 Å². The average molecular weight is 293 g/mol. The fraction of sp³-hybridized carbons (Fsp3) is 0.947. The first-order chi connectivity index (χ1) is 10.3. The lowest BCUT2D eigenvalue weighted by atomic mass is 9.77. The lowest BCUT2D eigenvalue weighted by Crippen LogP contribution is -2.51. The van der Waals surface area contributed by atoms with Crippen molar-refractivity contribution < 1.29 is 4.79 Å². The molecule has 2 aliphatic rings. The minimum absolute atomic E-state index is 0.185. The predicted octanol–water partition coefficient (Wildman–Crippen LogP) is 5.01. The summed E-state index contributed by atoms with van der Waals surface area (Å²) in [6, 6.07) is 0.833. The minimum Gasteiger partial charge on any atom is -0.304 e. The fourth-order valence-electron chi connectivity index (χ4n) is 4.18. The zero-order valence-corrected chi connectivity index (χ0v) is 14.0. The first kappa shape index (κ1) is 17.0. The van der Waals surface area contributed by atoms with Crippen molar-refractivity contribution in [3.63, 3.8) is 0 Å². The van der Waals surface area contributed by atoms with Gasteiger partial charge in [-0.2, -0.15) is 0 Å². The van der Waals surface area contributed by atoms with E-state index in [0.717, 1.165) is 25.2 Å². The Kier molecular flexibility index (Phi) is 7.77. The van der Waals surface area contributed by atoms with Gasteiger partial charge >= 0.3 is 0 Å². The third kappa shape index (κ3) is 5.73. The topological polar surface area (TPSA) is 29.1 Å². The lowest BCUT2D eigenvalue weighted by molar-refractivity contribution is -0.122. The second kappa shape index (κ2) is 9.61. The molecule has 1 N–H and O–H groups in total. The minimum atomic E-state index is 0.185. The van der Waals surface area contributed by atoms with E-state index in [-0.39, 0.29) is 6.04 Å². The van der Waals surface area contributed by atoms with E-state index in [2.05, 4.69) is 12.2 Å². The summed E-state index contributed by atoms with van der Waals surface area (Å²) in [6.07, 6.45) is 17.7. The molecule has 21 heavy (non-hydrogen) atoms. The van der Waals surface area contributed by atoms with Crippen LogP contribution in [0.3, 0.4) is 0 Å². The van der Waals surface area contributed by atoms with Crippen molar-refractivity contribution in [3.8, 4) is 0 Å². The molecule has 1 heterocycles. The molecular formula is C19H35NO. The SMILES string of the molecule is CCCCCCCCCC(=O)C1CCC2CCCCC2N1. The van der Waals surface area contributed by atoms with E-state index in [4.69, 9.17) is 0 Å². The monoisotopic (exact) mass is 293 g/mol. The van der Waals surface area contributed by atoms with Crippen molar-refractivity contribution in [1.29, 1.82) is 0 Å². The van der Waals surface area contributed by atoms with E-state index in [1.165, 1.54) is 70.6 Å². The van der Waals surface area contributed by atoms with E-state index < -0.39 is 0 Å². The van der Waals surface area contributed by atoms with Crippen molar-refractivity contribution in [2.24, 2.45) is 5.92 Å². The summed E-state index contributed by atoms with van der Waals surface area (Å²) in [5, 5.41) is 3.67. The summed E-state index contributed by atoms with van der Waals surface area (Å²) in [4.78, 5) is 12.3. The Hall–Kier alpha value is -0.370. The number of carbonyl (C=O) groups is 1. The van der Waals surface area contributed by atoms with Crippen LogP contribution in [0.4, 0.5) is 0 Å². The molecule has 1 saturated heterocycles. The van der Waals surface area contributed by atoms with Crippen molar-refractivity contribution in [3.05, 3.63) is 0 Å².